The highest BCUT2D eigenvalue weighted by molar-refractivity contribution is 5.87. The van der Waals surface area contributed by atoms with Gasteiger partial charge in [-0.2, -0.15) is 0 Å². The fraction of sp³-hybridized carbons (Fsp3) is 0. The third-order valence-electron chi connectivity index (χ3n) is 5.75. The molecule has 0 heterocycles. The molecule has 0 aromatic heterocycles. The first-order valence-corrected chi connectivity index (χ1v) is 11.0. The molecule has 0 aliphatic heterocycles. The molecule has 4 aromatic rings. The first kappa shape index (κ1) is 19.8. The van der Waals surface area contributed by atoms with Gasteiger partial charge in [-0.25, -0.2) is 0 Å². The predicted octanol–water partition coefficient (Wildman–Crippen LogP) is 8.68. The minimum atomic E-state index is 1.20. The first-order valence-electron chi connectivity index (χ1n) is 11.0. The third kappa shape index (κ3) is 4.45. The quantitative estimate of drug-likeness (QED) is 0.240. The van der Waals surface area contributed by atoms with Gasteiger partial charge in [0.1, 0.15) is 0 Å². The van der Waals surface area contributed by atoms with Crippen molar-refractivity contribution in [1.82, 2.24) is 0 Å². The second-order valence-corrected chi connectivity index (χ2v) is 7.85. The number of fused-ring (bicyclic) bond motifs is 4. The highest BCUT2D eigenvalue weighted by Gasteiger charge is 2.01. The molecule has 32 heavy (non-hydrogen) atoms. The molecule has 0 saturated carbocycles. The zero-order valence-electron chi connectivity index (χ0n) is 17.9. The van der Waals surface area contributed by atoms with Gasteiger partial charge < -0.3 is 0 Å². The largest absolute Gasteiger partial charge is 0.0616 e. The Bertz CT molecular complexity index is 1050. The van der Waals surface area contributed by atoms with Crippen LogP contribution in [0.2, 0.25) is 0 Å². The highest BCUT2D eigenvalue weighted by atomic mass is 14.1. The van der Waals surface area contributed by atoms with Gasteiger partial charge >= 0.3 is 0 Å². The van der Waals surface area contributed by atoms with Gasteiger partial charge in [-0.15, -0.1) is 0 Å². The maximum Gasteiger partial charge on any atom is -0.0184 e. The molecule has 0 unspecified atom stereocenters. The van der Waals surface area contributed by atoms with Crippen molar-refractivity contribution in [1.29, 1.82) is 0 Å². The molecule has 0 saturated heterocycles. The fourth-order valence-corrected chi connectivity index (χ4v) is 3.98. The van der Waals surface area contributed by atoms with Crippen LogP contribution in [0.15, 0.2) is 97.1 Å². The zero-order chi connectivity index (χ0) is 21.6. The zero-order valence-corrected chi connectivity index (χ0v) is 17.9. The lowest BCUT2D eigenvalue weighted by Crippen LogP contribution is -1.85. The number of hydrogen-bond acceptors (Lipinski definition) is 0. The molecule has 0 radical (unpaired) electrons. The van der Waals surface area contributed by atoms with Gasteiger partial charge in [0.2, 0.25) is 0 Å². The molecule has 0 amide bonds. The summed E-state index contributed by atoms with van der Waals surface area (Å²) in [4.78, 5) is 0. The van der Waals surface area contributed by atoms with E-state index in [0.717, 1.165) is 0 Å². The van der Waals surface area contributed by atoms with Crippen LogP contribution in [0.3, 0.4) is 0 Å². The second kappa shape index (κ2) is 9.32. The van der Waals surface area contributed by atoms with E-state index in [4.69, 9.17) is 0 Å². The topological polar surface area (TPSA) is 0 Å². The molecule has 0 spiro atoms. The van der Waals surface area contributed by atoms with Gasteiger partial charge in [0.15, 0.2) is 0 Å². The molecule has 4 aromatic carbocycles. The number of benzene rings is 4. The van der Waals surface area contributed by atoms with Crippen LogP contribution in [-0.4, -0.2) is 0 Å². The molecule has 1 aliphatic rings. The first-order chi connectivity index (χ1) is 15.9. The van der Waals surface area contributed by atoms with E-state index in [1.165, 1.54) is 44.5 Å². The maximum atomic E-state index is 2.21. The number of hydrogen-bond donors (Lipinski definition) is 0. The van der Waals surface area contributed by atoms with Crippen molar-refractivity contribution in [2.45, 2.75) is 0 Å². The summed E-state index contributed by atoms with van der Waals surface area (Å²) in [7, 11) is 0. The van der Waals surface area contributed by atoms with E-state index in [9.17, 15) is 0 Å². The van der Waals surface area contributed by atoms with Gasteiger partial charge in [-0.1, -0.05) is 146 Å². The summed E-state index contributed by atoms with van der Waals surface area (Å²) >= 11 is 0. The SMILES string of the molecule is C1=C/c2ccccc2/C=C/c2ccccc2/C=C/c2ccccc2/C=C/c2ccccc2/1. The average molecular weight is 409 g/mol. The van der Waals surface area contributed by atoms with Gasteiger partial charge in [0, 0.05) is 0 Å². The van der Waals surface area contributed by atoms with Gasteiger partial charge in [-0.05, 0) is 44.5 Å². The fourth-order valence-electron chi connectivity index (χ4n) is 3.98. The van der Waals surface area contributed by atoms with Crippen LogP contribution in [-0.2, 0) is 0 Å². The van der Waals surface area contributed by atoms with Crippen LogP contribution in [0.5, 0.6) is 0 Å². The molecule has 0 nitrogen and oxygen atoms in total. The highest BCUT2D eigenvalue weighted by Crippen LogP contribution is 2.23. The molecule has 0 heteroatoms. The van der Waals surface area contributed by atoms with E-state index in [2.05, 4.69) is 146 Å². The predicted molar refractivity (Wildman–Crippen MR) is 141 cm³/mol. The summed E-state index contributed by atoms with van der Waals surface area (Å²) in [5.74, 6) is 0. The van der Waals surface area contributed by atoms with Crippen molar-refractivity contribution in [3.63, 3.8) is 0 Å². The van der Waals surface area contributed by atoms with Crippen LogP contribution < -0.4 is 0 Å². The standard InChI is InChI=1S/C32H24/c1-2-10-26-19-20-28-12-5-6-14-30(28)23-24-32-16-8-7-15-31(32)22-21-29-13-4-3-11-27(29)18-17-25(26)9-1/h1-24H/b18-17+,20-19+,22-21+,24-23+,25-17?,26-19?,27-18?,28-20?,29-21?,30-23?,31-22?,32-24?. The normalized spacial score (nSPS) is 16.5. The van der Waals surface area contributed by atoms with Crippen LogP contribution in [0.25, 0.3) is 48.6 Å². The minimum Gasteiger partial charge on any atom is -0.0616 e. The molecule has 152 valence electrons. The van der Waals surface area contributed by atoms with Crippen LogP contribution in [0, 0.1) is 0 Å². The summed E-state index contributed by atoms with van der Waals surface area (Å²) in [6.07, 6.45) is 17.7. The average Bonchev–Trinajstić information content (AvgIpc) is 2.85. The van der Waals surface area contributed by atoms with E-state index in [0.29, 0.717) is 0 Å². The Morgan fingerprint density at radius 3 is 0.438 bits per heavy atom. The summed E-state index contributed by atoms with van der Waals surface area (Å²) in [6, 6.07) is 34.1. The Labute approximate surface area is 190 Å². The minimum absolute atomic E-state index is 1.20. The van der Waals surface area contributed by atoms with Gasteiger partial charge in [0.25, 0.3) is 0 Å². The van der Waals surface area contributed by atoms with E-state index < -0.39 is 0 Å². The van der Waals surface area contributed by atoms with Crippen molar-refractivity contribution in [2.24, 2.45) is 0 Å². The molecule has 0 atom stereocenters. The monoisotopic (exact) mass is 408 g/mol. The van der Waals surface area contributed by atoms with Crippen LogP contribution >= 0.6 is 0 Å². The van der Waals surface area contributed by atoms with Crippen LogP contribution in [0.4, 0.5) is 0 Å². The lowest BCUT2D eigenvalue weighted by molar-refractivity contribution is 1.58. The van der Waals surface area contributed by atoms with Crippen molar-refractivity contribution in [3.8, 4) is 0 Å². The molecule has 1 aliphatic carbocycles. The molecule has 0 fully saturated rings. The van der Waals surface area contributed by atoms with E-state index in [-0.39, 0.29) is 0 Å². The Kier molecular flexibility index (Phi) is 5.76. The van der Waals surface area contributed by atoms with Crippen molar-refractivity contribution in [2.75, 3.05) is 0 Å². The Morgan fingerprint density at radius 1 is 0.188 bits per heavy atom. The van der Waals surface area contributed by atoms with E-state index in [1.54, 1.807) is 0 Å². The molecular formula is C32H24. The van der Waals surface area contributed by atoms with Gasteiger partial charge in [0.05, 0.1) is 0 Å². The van der Waals surface area contributed by atoms with Crippen molar-refractivity contribution in [3.05, 3.63) is 142 Å². The van der Waals surface area contributed by atoms with Crippen LogP contribution in [0.1, 0.15) is 44.5 Å². The van der Waals surface area contributed by atoms with E-state index in [1.807, 2.05) is 0 Å². The van der Waals surface area contributed by atoms with E-state index >= 15 is 0 Å². The molecule has 0 N–H and O–H groups in total. The lowest BCUT2D eigenvalue weighted by Gasteiger charge is -2.06. The summed E-state index contributed by atoms with van der Waals surface area (Å²) < 4.78 is 0. The molecular weight excluding hydrogens is 384 g/mol. The number of rotatable bonds is 0. The summed E-state index contributed by atoms with van der Waals surface area (Å²) in [5.41, 5.74) is 9.61. The summed E-state index contributed by atoms with van der Waals surface area (Å²) in [6.45, 7) is 0. The Morgan fingerprint density at radius 2 is 0.312 bits per heavy atom. The smallest absolute Gasteiger partial charge is 0.0184 e. The van der Waals surface area contributed by atoms with Crippen molar-refractivity contribution < 1.29 is 0 Å². The molecule has 0 bridgehead atoms. The van der Waals surface area contributed by atoms with Gasteiger partial charge in [-0.3, -0.25) is 0 Å². The third-order valence-corrected chi connectivity index (χ3v) is 5.75. The maximum absolute atomic E-state index is 2.21. The lowest BCUT2D eigenvalue weighted by atomic mass is 9.99. The van der Waals surface area contributed by atoms with Crippen molar-refractivity contribution >= 4 is 48.6 Å². The second-order valence-electron chi connectivity index (χ2n) is 7.85. The summed E-state index contributed by atoms with van der Waals surface area (Å²) in [5, 5.41) is 0. The Balaban J connectivity index is 1.69. The molecule has 5 rings (SSSR count). The Hall–Kier alpha value is -4.16.